The summed E-state index contributed by atoms with van der Waals surface area (Å²) in [5.74, 6) is -0.203. The lowest BCUT2D eigenvalue weighted by atomic mass is 10.3. The second kappa shape index (κ2) is 7.12. The maximum absolute atomic E-state index is 12.6. The van der Waals surface area contributed by atoms with Gasteiger partial charge in [0.05, 0.1) is 24.4 Å². The maximum atomic E-state index is 12.6. The van der Waals surface area contributed by atoms with Crippen molar-refractivity contribution in [1.29, 1.82) is 0 Å². The van der Waals surface area contributed by atoms with Crippen molar-refractivity contribution >= 4 is 33.4 Å². The van der Waals surface area contributed by atoms with E-state index in [2.05, 4.69) is 10.1 Å². The Bertz CT molecular complexity index is 1060. The van der Waals surface area contributed by atoms with Crippen LogP contribution in [-0.2, 0) is 23.1 Å². The minimum atomic E-state index is -0.458. The summed E-state index contributed by atoms with van der Waals surface area (Å²) in [7, 11) is 4.64. The molecule has 9 heteroatoms. The molecule has 2 heterocycles. The molecular formula is C17H18N4O4S. The average Bonchev–Trinajstić information content (AvgIpc) is 3.13. The second-order valence-corrected chi connectivity index (χ2v) is 6.64. The number of hydrogen-bond donors (Lipinski definition) is 0. The third kappa shape index (κ3) is 3.38. The Labute approximate surface area is 153 Å². The number of aryl methyl sites for hydroxylation is 2. The van der Waals surface area contributed by atoms with Gasteiger partial charge in [-0.1, -0.05) is 11.3 Å². The fraction of sp³-hybridized carbons (Fsp3) is 0.294. The van der Waals surface area contributed by atoms with Gasteiger partial charge in [0.15, 0.2) is 10.5 Å². The lowest BCUT2D eigenvalue weighted by Gasteiger charge is -2.04. The Morgan fingerprint density at radius 2 is 2.08 bits per heavy atom. The van der Waals surface area contributed by atoms with Crippen molar-refractivity contribution in [3.8, 4) is 5.75 Å². The van der Waals surface area contributed by atoms with Gasteiger partial charge in [-0.3, -0.25) is 14.3 Å². The molecule has 1 amide bonds. The molecule has 0 aliphatic rings. The molecule has 0 fully saturated rings. The highest BCUT2D eigenvalue weighted by molar-refractivity contribution is 7.16. The zero-order valence-electron chi connectivity index (χ0n) is 14.8. The molecule has 0 bridgehead atoms. The summed E-state index contributed by atoms with van der Waals surface area (Å²) in [6.45, 7) is 1.75. The van der Waals surface area contributed by atoms with E-state index in [-0.39, 0.29) is 12.2 Å². The number of thiazole rings is 1. The van der Waals surface area contributed by atoms with Crippen LogP contribution >= 0.6 is 11.3 Å². The molecule has 1 aromatic carbocycles. The number of carbonyl (C=O) groups is 2. The Kier molecular flexibility index (Phi) is 4.90. The Balaban J connectivity index is 2.16. The van der Waals surface area contributed by atoms with Crippen molar-refractivity contribution in [2.45, 2.75) is 13.5 Å². The van der Waals surface area contributed by atoms with E-state index in [4.69, 9.17) is 9.47 Å². The van der Waals surface area contributed by atoms with Gasteiger partial charge in [-0.2, -0.15) is 10.1 Å². The lowest BCUT2D eigenvalue weighted by Crippen LogP contribution is -2.22. The van der Waals surface area contributed by atoms with E-state index in [1.165, 1.54) is 18.4 Å². The number of esters is 1. The molecule has 0 unspecified atom stereocenters. The molecule has 3 aromatic rings. The van der Waals surface area contributed by atoms with Crippen LogP contribution in [0.2, 0.25) is 0 Å². The Morgan fingerprint density at radius 1 is 1.31 bits per heavy atom. The molecular weight excluding hydrogens is 356 g/mol. The number of aromatic nitrogens is 3. The van der Waals surface area contributed by atoms with Gasteiger partial charge in [-0.15, -0.1) is 0 Å². The number of benzene rings is 1. The van der Waals surface area contributed by atoms with E-state index in [1.807, 2.05) is 12.1 Å². The molecule has 0 N–H and O–H groups in total. The van der Waals surface area contributed by atoms with E-state index >= 15 is 0 Å². The van der Waals surface area contributed by atoms with E-state index in [1.54, 1.807) is 42.6 Å². The van der Waals surface area contributed by atoms with Crippen molar-refractivity contribution in [2.75, 3.05) is 14.2 Å². The quantitative estimate of drug-likeness (QED) is 0.648. The second-order valence-electron chi connectivity index (χ2n) is 5.63. The van der Waals surface area contributed by atoms with Crippen LogP contribution in [0, 0.1) is 6.92 Å². The first-order valence-electron chi connectivity index (χ1n) is 7.76. The van der Waals surface area contributed by atoms with Gasteiger partial charge in [0, 0.05) is 18.8 Å². The van der Waals surface area contributed by atoms with Crippen LogP contribution in [0.25, 0.3) is 10.2 Å². The van der Waals surface area contributed by atoms with Gasteiger partial charge < -0.3 is 14.0 Å². The average molecular weight is 374 g/mol. The number of fused-ring (bicyclic) bond motifs is 1. The number of carbonyl (C=O) groups excluding carboxylic acids is 2. The fourth-order valence-electron chi connectivity index (χ4n) is 2.57. The third-order valence-electron chi connectivity index (χ3n) is 3.82. The van der Waals surface area contributed by atoms with Gasteiger partial charge >= 0.3 is 5.97 Å². The van der Waals surface area contributed by atoms with Crippen molar-refractivity contribution in [1.82, 2.24) is 14.3 Å². The molecule has 0 saturated heterocycles. The topological polar surface area (TPSA) is 87.7 Å². The summed E-state index contributed by atoms with van der Waals surface area (Å²) >= 11 is 1.29. The van der Waals surface area contributed by atoms with Crippen LogP contribution in [-0.4, -0.2) is 40.4 Å². The van der Waals surface area contributed by atoms with Crippen LogP contribution in [0.1, 0.15) is 16.1 Å². The molecule has 2 aromatic heterocycles. The number of hydrogen-bond acceptors (Lipinski definition) is 6. The van der Waals surface area contributed by atoms with Crippen molar-refractivity contribution in [2.24, 2.45) is 12.0 Å². The summed E-state index contributed by atoms with van der Waals surface area (Å²) in [6.07, 6.45) is 1.75. The summed E-state index contributed by atoms with van der Waals surface area (Å²) in [5, 5.41) is 4.15. The van der Waals surface area contributed by atoms with Crippen molar-refractivity contribution < 1.29 is 19.1 Å². The van der Waals surface area contributed by atoms with E-state index < -0.39 is 11.9 Å². The molecule has 0 atom stereocenters. The summed E-state index contributed by atoms with van der Waals surface area (Å²) in [6, 6.07) is 5.45. The van der Waals surface area contributed by atoms with Gasteiger partial charge in [-0.25, -0.2) is 0 Å². The first-order valence-corrected chi connectivity index (χ1v) is 8.58. The Morgan fingerprint density at radius 3 is 2.69 bits per heavy atom. The normalized spacial score (nSPS) is 11.8. The predicted octanol–water partition coefficient (Wildman–Crippen LogP) is 1.67. The lowest BCUT2D eigenvalue weighted by molar-refractivity contribution is -0.141. The first kappa shape index (κ1) is 17.9. The molecule has 26 heavy (non-hydrogen) atoms. The molecule has 0 saturated carbocycles. The van der Waals surface area contributed by atoms with Gasteiger partial charge in [0.2, 0.25) is 0 Å². The van der Waals surface area contributed by atoms with Crippen molar-refractivity contribution in [3.05, 3.63) is 40.5 Å². The molecule has 8 nitrogen and oxygen atoms in total. The number of ether oxygens (including phenoxy) is 2. The molecule has 0 aliphatic heterocycles. The number of rotatable bonds is 4. The Hall–Kier alpha value is -2.94. The fourth-order valence-corrected chi connectivity index (χ4v) is 3.63. The third-order valence-corrected chi connectivity index (χ3v) is 4.86. The van der Waals surface area contributed by atoms with Crippen LogP contribution in [0.3, 0.4) is 0 Å². The zero-order chi connectivity index (χ0) is 18.8. The highest BCUT2D eigenvalue weighted by Crippen LogP contribution is 2.23. The van der Waals surface area contributed by atoms with Crippen LogP contribution < -0.4 is 9.54 Å². The first-order chi connectivity index (χ1) is 12.4. The number of methoxy groups -OCH3 is 2. The van der Waals surface area contributed by atoms with Crippen molar-refractivity contribution in [3.63, 3.8) is 0 Å². The smallest absolute Gasteiger partial charge is 0.325 e. The number of amides is 1. The zero-order valence-corrected chi connectivity index (χ0v) is 15.7. The van der Waals surface area contributed by atoms with Crippen LogP contribution in [0.5, 0.6) is 5.75 Å². The summed E-state index contributed by atoms with van der Waals surface area (Å²) in [5.41, 5.74) is 1.79. The molecule has 3 rings (SSSR count). The van der Waals surface area contributed by atoms with Crippen LogP contribution in [0.4, 0.5) is 0 Å². The monoisotopic (exact) mass is 374 g/mol. The van der Waals surface area contributed by atoms with E-state index in [0.717, 1.165) is 15.8 Å². The minimum Gasteiger partial charge on any atom is -0.497 e. The van der Waals surface area contributed by atoms with E-state index in [0.29, 0.717) is 10.6 Å². The summed E-state index contributed by atoms with van der Waals surface area (Å²) < 4.78 is 14.1. The van der Waals surface area contributed by atoms with Gasteiger partial charge in [-0.05, 0) is 25.1 Å². The molecule has 0 radical (unpaired) electrons. The molecule has 0 spiro atoms. The largest absolute Gasteiger partial charge is 0.497 e. The predicted molar refractivity (Wildman–Crippen MR) is 96.2 cm³/mol. The SMILES string of the molecule is COC(=O)Cn1c(=NC(=O)c2nn(C)cc2C)sc2cc(OC)ccc21. The highest BCUT2D eigenvalue weighted by atomic mass is 32.1. The van der Waals surface area contributed by atoms with E-state index in [9.17, 15) is 9.59 Å². The van der Waals surface area contributed by atoms with Gasteiger partial charge in [0.25, 0.3) is 5.91 Å². The number of nitrogens with zero attached hydrogens (tertiary/aromatic N) is 4. The molecule has 136 valence electrons. The minimum absolute atomic E-state index is 0.0455. The maximum Gasteiger partial charge on any atom is 0.325 e. The van der Waals surface area contributed by atoms with Gasteiger partial charge in [0.1, 0.15) is 12.3 Å². The highest BCUT2D eigenvalue weighted by Gasteiger charge is 2.16. The summed E-state index contributed by atoms with van der Waals surface area (Å²) in [4.78, 5) is 29.0. The van der Waals surface area contributed by atoms with Crippen LogP contribution in [0.15, 0.2) is 29.4 Å². The standard InChI is InChI=1S/C17H18N4O4S/c1-10-8-20(2)19-15(10)16(23)18-17-21(9-14(22)25-4)12-6-5-11(24-3)7-13(12)26-17/h5-8H,9H2,1-4H3. The molecule has 0 aliphatic carbocycles.